The van der Waals surface area contributed by atoms with Crippen molar-refractivity contribution < 1.29 is 9.53 Å². The summed E-state index contributed by atoms with van der Waals surface area (Å²) >= 11 is 6.15. The number of pyridine rings is 1. The van der Waals surface area contributed by atoms with Gasteiger partial charge in [-0.15, -0.1) is 0 Å². The topological polar surface area (TPSA) is 147 Å². The van der Waals surface area contributed by atoms with Gasteiger partial charge in [-0.3, -0.25) is 0 Å². The molecule has 0 spiro atoms. The summed E-state index contributed by atoms with van der Waals surface area (Å²) in [4.78, 5) is 27.0. The number of nitrogens with zero attached hydrogens (tertiary/aromatic N) is 3. The van der Waals surface area contributed by atoms with E-state index in [4.69, 9.17) is 32.8 Å². The Kier molecular flexibility index (Phi) is 8.73. The number of hydrogen-bond acceptors (Lipinski definition) is 6. The highest BCUT2D eigenvalue weighted by atomic mass is 35.5. The van der Waals surface area contributed by atoms with E-state index in [9.17, 15) is 4.79 Å². The second kappa shape index (κ2) is 12.0. The average molecular weight is 529 g/mol. The summed E-state index contributed by atoms with van der Waals surface area (Å²) in [5.41, 5.74) is 14.7. The van der Waals surface area contributed by atoms with E-state index < -0.39 is 5.66 Å². The van der Waals surface area contributed by atoms with Gasteiger partial charge in [-0.1, -0.05) is 31.2 Å². The fourth-order valence-corrected chi connectivity index (χ4v) is 5.05. The van der Waals surface area contributed by atoms with Crippen LogP contribution in [0.4, 0.5) is 4.79 Å². The number of hydrogen-bond donors (Lipinski definition) is 5. The van der Waals surface area contributed by atoms with Gasteiger partial charge in [0, 0.05) is 43.0 Å². The van der Waals surface area contributed by atoms with E-state index in [0.29, 0.717) is 60.4 Å². The van der Waals surface area contributed by atoms with Crippen molar-refractivity contribution in [1.29, 1.82) is 0 Å². The second-order valence-electron chi connectivity index (χ2n) is 9.57. The highest BCUT2D eigenvalue weighted by molar-refractivity contribution is 6.31. The number of amides is 2. The Balaban J connectivity index is 1.53. The molecule has 7 N–H and O–H groups in total. The first-order valence-electron chi connectivity index (χ1n) is 12.9. The Morgan fingerprint density at radius 2 is 2.27 bits per heavy atom. The summed E-state index contributed by atoms with van der Waals surface area (Å²) in [7, 11) is 0. The monoisotopic (exact) mass is 528 g/mol. The number of aliphatic imine (C=N–C) groups is 1. The van der Waals surface area contributed by atoms with Crippen molar-refractivity contribution in [2.24, 2.45) is 16.5 Å². The minimum Gasteiger partial charge on any atom is -0.383 e. The standard InChI is InChI=1S/C26H37ClN8O2/c1-3-17(4-2)23(34-22(28)21-15-31-24-20(21)12-18(27)13-30-24)33-16-26(29)9-5-6-10-35(26)25(36)32-14-19-8-7-11-37-19/h3,12-13,15,19,33H,1,4-11,14,16,29H2,2H3,(H2,28,34)(H,30,31)(H,32,36)/b23-17+/t19-,26-/m1/s1. The van der Waals surface area contributed by atoms with Crippen LogP contribution in [0.2, 0.25) is 5.02 Å². The van der Waals surface area contributed by atoms with Gasteiger partial charge < -0.3 is 36.7 Å². The predicted octanol–water partition coefficient (Wildman–Crippen LogP) is 3.35. The van der Waals surface area contributed by atoms with E-state index in [1.54, 1.807) is 29.4 Å². The van der Waals surface area contributed by atoms with Gasteiger partial charge in [0.25, 0.3) is 0 Å². The van der Waals surface area contributed by atoms with E-state index in [1.807, 2.05) is 6.92 Å². The number of fused-ring (bicyclic) bond motifs is 1. The van der Waals surface area contributed by atoms with Gasteiger partial charge in [-0.05, 0) is 50.2 Å². The maximum Gasteiger partial charge on any atom is 0.319 e. The first-order chi connectivity index (χ1) is 17.8. The molecule has 2 fully saturated rings. The van der Waals surface area contributed by atoms with Gasteiger partial charge in [0.2, 0.25) is 0 Å². The molecule has 0 saturated carbocycles. The molecule has 0 radical (unpaired) electrons. The summed E-state index contributed by atoms with van der Waals surface area (Å²) < 4.78 is 5.64. The molecule has 4 heterocycles. The average Bonchev–Trinajstić information content (AvgIpc) is 3.56. The zero-order chi connectivity index (χ0) is 26.4. The third-order valence-corrected chi connectivity index (χ3v) is 7.24. The molecule has 2 saturated heterocycles. The lowest BCUT2D eigenvalue weighted by molar-refractivity contribution is 0.0738. The van der Waals surface area contributed by atoms with Crippen LogP contribution < -0.4 is 22.1 Å². The summed E-state index contributed by atoms with van der Waals surface area (Å²) in [6.45, 7) is 8.10. The zero-order valence-corrected chi connectivity index (χ0v) is 22.1. The molecule has 200 valence electrons. The van der Waals surface area contributed by atoms with Gasteiger partial charge in [-0.2, -0.15) is 0 Å². The SMILES string of the molecule is C=C/C(CC)=C(\N=C(/N)c1c[nH]c2ncc(Cl)cc12)NC[C@@]1(N)CCCCN1C(=O)NC[C@H]1CCCO1. The van der Waals surface area contributed by atoms with Gasteiger partial charge >= 0.3 is 6.03 Å². The van der Waals surface area contributed by atoms with Crippen LogP contribution in [-0.2, 0) is 4.74 Å². The van der Waals surface area contributed by atoms with Crippen LogP contribution >= 0.6 is 11.6 Å². The van der Waals surface area contributed by atoms with Crippen molar-refractivity contribution in [2.45, 2.75) is 57.2 Å². The van der Waals surface area contributed by atoms with Crippen LogP contribution in [0.15, 0.2) is 47.5 Å². The van der Waals surface area contributed by atoms with Crippen LogP contribution in [0.5, 0.6) is 0 Å². The molecule has 0 bridgehead atoms. The Bertz CT molecular complexity index is 1190. The first kappa shape index (κ1) is 27.0. The molecular weight excluding hydrogens is 492 g/mol. The molecule has 2 amide bonds. The fraction of sp³-hybridized carbons (Fsp3) is 0.500. The zero-order valence-electron chi connectivity index (χ0n) is 21.4. The number of aromatic amines is 1. The summed E-state index contributed by atoms with van der Waals surface area (Å²) in [5, 5.41) is 7.69. The van der Waals surface area contributed by atoms with Gasteiger partial charge in [0.05, 0.1) is 17.7 Å². The molecule has 2 atom stereocenters. The summed E-state index contributed by atoms with van der Waals surface area (Å²) in [5.74, 6) is 0.862. The van der Waals surface area contributed by atoms with E-state index in [-0.39, 0.29) is 12.1 Å². The van der Waals surface area contributed by atoms with Crippen molar-refractivity contribution in [3.63, 3.8) is 0 Å². The number of urea groups is 1. The van der Waals surface area contributed by atoms with E-state index in [0.717, 1.165) is 43.2 Å². The van der Waals surface area contributed by atoms with Crippen molar-refractivity contribution in [2.75, 3.05) is 26.2 Å². The maximum atomic E-state index is 13.1. The number of nitrogens with two attached hydrogens (primary N) is 2. The molecule has 37 heavy (non-hydrogen) atoms. The van der Waals surface area contributed by atoms with Crippen molar-refractivity contribution >= 4 is 34.5 Å². The smallest absolute Gasteiger partial charge is 0.319 e. The molecule has 4 rings (SSSR count). The largest absolute Gasteiger partial charge is 0.383 e. The number of carbonyl (C=O) groups excluding carboxylic acids is 1. The lowest BCUT2D eigenvalue weighted by atomic mass is 9.96. The van der Waals surface area contributed by atoms with E-state index in [2.05, 4.69) is 27.2 Å². The minimum atomic E-state index is -0.882. The molecule has 0 unspecified atom stereocenters. The van der Waals surface area contributed by atoms with Crippen molar-refractivity contribution in [3.8, 4) is 0 Å². The lowest BCUT2D eigenvalue weighted by Gasteiger charge is -2.44. The molecular formula is C26H37ClN8O2. The summed E-state index contributed by atoms with van der Waals surface area (Å²) in [6, 6.07) is 1.63. The van der Waals surface area contributed by atoms with Gasteiger partial charge in [0.15, 0.2) is 0 Å². The molecule has 2 aliphatic rings. The minimum absolute atomic E-state index is 0.0696. The van der Waals surface area contributed by atoms with Crippen LogP contribution in [-0.4, -0.2) is 64.7 Å². The van der Waals surface area contributed by atoms with Crippen LogP contribution in [0, 0.1) is 0 Å². The number of halogens is 1. The molecule has 11 heteroatoms. The van der Waals surface area contributed by atoms with Crippen LogP contribution in [0.25, 0.3) is 11.0 Å². The quantitative estimate of drug-likeness (QED) is 0.191. The van der Waals surface area contributed by atoms with Crippen molar-refractivity contribution in [1.82, 2.24) is 25.5 Å². The number of H-pyrrole nitrogens is 1. The van der Waals surface area contributed by atoms with Crippen LogP contribution in [0.3, 0.4) is 0 Å². The maximum absolute atomic E-state index is 13.1. The Labute approximate surface area is 222 Å². The Hall–Kier alpha value is -3.08. The number of nitrogens with one attached hydrogen (secondary N) is 3. The molecule has 2 aliphatic heterocycles. The number of allylic oxidation sites excluding steroid dienone is 2. The Morgan fingerprint density at radius 1 is 1.43 bits per heavy atom. The molecule has 0 aliphatic carbocycles. The number of ether oxygens (including phenoxy) is 1. The van der Waals surface area contributed by atoms with Gasteiger partial charge in [-0.25, -0.2) is 14.8 Å². The highest BCUT2D eigenvalue weighted by Gasteiger charge is 2.38. The number of carbonyl (C=O) groups is 1. The fourth-order valence-electron chi connectivity index (χ4n) is 4.89. The highest BCUT2D eigenvalue weighted by Crippen LogP contribution is 2.25. The molecule has 2 aromatic rings. The predicted molar refractivity (Wildman–Crippen MR) is 147 cm³/mol. The number of aromatic nitrogens is 2. The summed E-state index contributed by atoms with van der Waals surface area (Å²) in [6.07, 6.45) is 10.3. The number of piperidine rings is 1. The van der Waals surface area contributed by atoms with E-state index in [1.165, 1.54) is 0 Å². The van der Waals surface area contributed by atoms with E-state index >= 15 is 0 Å². The van der Waals surface area contributed by atoms with Gasteiger partial charge in [0.1, 0.15) is 23.0 Å². The molecule has 0 aromatic carbocycles. The first-order valence-corrected chi connectivity index (χ1v) is 13.2. The van der Waals surface area contributed by atoms with Crippen LogP contribution in [0.1, 0.15) is 51.0 Å². The third kappa shape index (κ3) is 6.26. The van der Waals surface area contributed by atoms with Crippen molar-refractivity contribution in [3.05, 3.63) is 53.1 Å². The number of amidine groups is 1. The number of rotatable bonds is 9. The third-order valence-electron chi connectivity index (χ3n) is 7.03. The molecule has 2 aromatic heterocycles. The normalized spacial score (nSPS) is 23.2. The number of likely N-dealkylation sites (tertiary alicyclic amines) is 1. The molecule has 10 nitrogen and oxygen atoms in total. The Morgan fingerprint density at radius 3 is 3.00 bits per heavy atom. The lowest BCUT2D eigenvalue weighted by Crippen LogP contribution is -2.67. The second-order valence-corrected chi connectivity index (χ2v) is 10.0.